The first-order valence-electron chi connectivity index (χ1n) is 6.07. The number of thiocyanates is 1. The highest BCUT2D eigenvalue weighted by atomic mass is 32.2. The van der Waals surface area contributed by atoms with E-state index >= 15 is 0 Å². The molecule has 0 spiro atoms. The molecule has 0 aliphatic heterocycles. The molecule has 0 aromatic heterocycles. The minimum atomic E-state index is 0.537. The summed E-state index contributed by atoms with van der Waals surface area (Å²) < 4.78 is 0. The topological polar surface area (TPSA) is 23.8 Å². The van der Waals surface area contributed by atoms with Gasteiger partial charge in [-0.25, -0.2) is 0 Å². The van der Waals surface area contributed by atoms with E-state index in [0.29, 0.717) is 5.92 Å². The fourth-order valence-corrected chi connectivity index (χ4v) is 2.97. The summed E-state index contributed by atoms with van der Waals surface area (Å²) in [5.74, 6) is 1.46. The van der Waals surface area contributed by atoms with Crippen LogP contribution in [0.2, 0.25) is 0 Å². The Morgan fingerprint density at radius 3 is 2.18 bits per heavy atom. The SMILES string of the molecule is Cc1cc(C)c(C)c(C(C)CCSC#N)c1C. The summed E-state index contributed by atoms with van der Waals surface area (Å²) in [6, 6.07) is 2.27. The summed E-state index contributed by atoms with van der Waals surface area (Å²) in [6.07, 6.45) is 1.07. The number of rotatable bonds is 4. The van der Waals surface area contributed by atoms with Gasteiger partial charge >= 0.3 is 0 Å². The van der Waals surface area contributed by atoms with Crippen molar-refractivity contribution < 1.29 is 0 Å². The smallest absolute Gasteiger partial charge is 0.133 e. The molecule has 92 valence electrons. The van der Waals surface area contributed by atoms with E-state index < -0.39 is 0 Å². The molecule has 0 aliphatic carbocycles. The van der Waals surface area contributed by atoms with Crippen LogP contribution in [0.15, 0.2) is 6.07 Å². The Labute approximate surface area is 109 Å². The van der Waals surface area contributed by atoms with E-state index in [4.69, 9.17) is 5.26 Å². The van der Waals surface area contributed by atoms with Crippen molar-refractivity contribution >= 4 is 11.8 Å². The first kappa shape index (κ1) is 14.1. The molecule has 0 radical (unpaired) electrons. The maximum absolute atomic E-state index is 8.56. The van der Waals surface area contributed by atoms with Gasteiger partial charge in [-0.05, 0) is 79.6 Å². The number of aryl methyl sites for hydroxylation is 2. The number of hydrogen-bond acceptors (Lipinski definition) is 2. The predicted molar refractivity (Wildman–Crippen MR) is 76.5 cm³/mol. The minimum Gasteiger partial charge on any atom is -0.185 e. The van der Waals surface area contributed by atoms with Crippen molar-refractivity contribution in [3.8, 4) is 5.40 Å². The third kappa shape index (κ3) is 3.26. The molecule has 0 fully saturated rings. The van der Waals surface area contributed by atoms with E-state index in [-0.39, 0.29) is 0 Å². The standard InChI is InChI=1S/C15H21NS/c1-10(6-7-17-9-16)15-13(4)11(2)8-12(3)14(15)5/h8,10H,6-7H2,1-5H3. The lowest BCUT2D eigenvalue weighted by atomic mass is 9.86. The van der Waals surface area contributed by atoms with Crippen molar-refractivity contribution in [2.45, 2.75) is 47.0 Å². The van der Waals surface area contributed by atoms with Crippen LogP contribution in [0.3, 0.4) is 0 Å². The quantitative estimate of drug-likeness (QED) is 0.572. The van der Waals surface area contributed by atoms with Gasteiger partial charge in [0.2, 0.25) is 0 Å². The maximum Gasteiger partial charge on any atom is 0.133 e. The molecule has 0 amide bonds. The van der Waals surface area contributed by atoms with Gasteiger partial charge in [-0.2, -0.15) is 5.26 Å². The summed E-state index contributed by atoms with van der Waals surface area (Å²) in [5, 5.41) is 10.7. The molecule has 0 bridgehead atoms. The monoisotopic (exact) mass is 247 g/mol. The van der Waals surface area contributed by atoms with E-state index in [1.807, 2.05) is 0 Å². The third-order valence-electron chi connectivity index (χ3n) is 3.63. The molecule has 1 nitrogen and oxygen atoms in total. The molecule has 0 saturated heterocycles. The fourth-order valence-electron chi connectivity index (χ4n) is 2.41. The van der Waals surface area contributed by atoms with Crippen molar-refractivity contribution in [2.75, 3.05) is 5.75 Å². The third-order valence-corrected chi connectivity index (χ3v) is 4.20. The van der Waals surface area contributed by atoms with Gasteiger partial charge in [0.25, 0.3) is 0 Å². The highest BCUT2D eigenvalue weighted by Crippen LogP contribution is 2.31. The van der Waals surface area contributed by atoms with Crippen LogP contribution in [0.1, 0.15) is 47.1 Å². The zero-order valence-electron chi connectivity index (χ0n) is 11.4. The van der Waals surface area contributed by atoms with Gasteiger partial charge in [0.15, 0.2) is 0 Å². The van der Waals surface area contributed by atoms with Crippen molar-refractivity contribution in [3.05, 3.63) is 33.9 Å². The van der Waals surface area contributed by atoms with Crippen LogP contribution in [0, 0.1) is 38.4 Å². The van der Waals surface area contributed by atoms with E-state index in [2.05, 4.69) is 46.1 Å². The van der Waals surface area contributed by atoms with Gasteiger partial charge in [-0.15, -0.1) is 0 Å². The van der Waals surface area contributed by atoms with Crippen molar-refractivity contribution in [3.63, 3.8) is 0 Å². The largest absolute Gasteiger partial charge is 0.185 e. The molecule has 1 atom stereocenters. The van der Waals surface area contributed by atoms with Crippen LogP contribution in [0.25, 0.3) is 0 Å². The highest BCUT2D eigenvalue weighted by Gasteiger charge is 2.14. The average Bonchev–Trinajstić information content (AvgIpc) is 2.27. The normalized spacial score (nSPS) is 12.2. The Bertz CT molecular complexity index is 417. The number of thioether (sulfide) groups is 1. The van der Waals surface area contributed by atoms with Crippen molar-refractivity contribution in [1.82, 2.24) is 0 Å². The molecule has 1 rings (SSSR count). The van der Waals surface area contributed by atoms with Gasteiger partial charge in [0, 0.05) is 5.75 Å². The zero-order chi connectivity index (χ0) is 13.0. The Morgan fingerprint density at radius 2 is 1.71 bits per heavy atom. The average molecular weight is 247 g/mol. The molecular weight excluding hydrogens is 226 g/mol. The lowest BCUT2D eigenvalue weighted by Crippen LogP contribution is -2.04. The molecule has 0 N–H and O–H groups in total. The van der Waals surface area contributed by atoms with Crippen LogP contribution < -0.4 is 0 Å². The maximum atomic E-state index is 8.56. The lowest BCUT2D eigenvalue weighted by molar-refractivity contribution is 0.727. The first-order valence-corrected chi connectivity index (χ1v) is 7.05. The zero-order valence-corrected chi connectivity index (χ0v) is 12.2. The van der Waals surface area contributed by atoms with Gasteiger partial charge in [-0.1, -0.05) is 13.0 Å². The van der Waals surface area contributed by atoms with Crippen molar-refractivity contribution in [2.24, 2.45) is 0 Å². The van der Waals surface area contributed by atoms with E-state index in [1.54, 1.807) is 0 Å². The summed E-state index contributed by atoms with van der Waals surface area (Å²) in [4.78, 5) is 0. The second-order valence-electron chi connectivity index (χ2n) is 4.80. The molecule has 1 aromatic carbocycles. The van der Waals surface area contributed by atoms with Crippen LogP contribution in [-0.4, -0.2) is 5.75 Å². The molecule has 1 aromatic rings. The predicted octanol–water partition coefficient (Wildman–Crippen LogP) is 4.63. The van der Waals surface area contributed by atoms with Gasteiger partial charge in [0.05, 0.1) is 0 Å². The summed E-state index contributed by atoms with van der Waals surface area (Å²) in [6.45, 7) is 11.1. The fraction of sp³-hybridized carbons (Fsp3) is 0.533. The van der Waals surface area contributed by atoms with Crippen molar-refractivity contribution in [1.29, 1.82) is 5.26 Å². The molecular formula is C15H21NS. The molecule has 1 unspecified atom stereocenters. The Morgan fingerprint density at radius 1 is 1.18 bits per heavy atom. The van der Waals surface area contributed by atoms with Gasteiger partial charge in [-0.3, -0.25) is 0 Å². The molecule has 17 heavy (non-hydrogen) atoms. The van der Waals surface area contributed by atoms with Crippen LogP contribution in [0.5, 0.6) is 0 Å². The van der Waals surface area contributed by atoms with Gasteiger partial charge < -0.3 is 0 Å². The summed E-state index contributed by atoms with van der Waals surface area (Å²) in [7, 11) is 0. The second kappa shape index (κ2) is 6.12. The lowest BCUT2D eigenvalue weighted by Gasteiger charge is -2.20. The first-order chi connectivity index (χ1) is 7.99. The number of nitrogens with zero attached hydrogens (tertiary/aromatic N) is 1. The van der Waals surface area contributed by atoms with E-state index in [9.17, 15) is 0 Å². The van der Waals surface area contributed by atoms with Crippen LogP contribution in [0.4, 0.5) is 0 Å². The molecule has 0 aliphatic rings. The van der Waals surface area contributed by atoms with E-state index in [0.717, 1.165) is 12.2 Å². The van der Waals surface area contributed by atoms with Gasteiger partial charge in [0.1, 0.15) is 5.40 Å². The Kier molecular flexibility index (Phi) is 5.08. The van der Waals surface area contributed by atoms with Crippen LogP contribution >= 0.6 is 11.8 Å². The summed E-state index contributed by atoms with van der Waals surface area (Å²) in [5.41, 5.74) is 7.08. The number of nitriles is 1. The minimum absolute atomic E-state index is 0.537. The highest BCUT2D eigenvalue weighted by molar-refractivity contribution is 8.03. The molecule has 0 saturated carbocycles. The Balaban J connectivity index is 3.00. The number of hydrogen-bond donors (Lipinski definition) is 0. The van der Waals surface area contributed by atoms with Crippen LogP contribution in [-0.2, 0) is 0 Å². The molecule has 2 heteroatoms. The summed E-state index contributed by atoms with van der Waals surface area (Å²) >= 11 is 1.36. The molecule has 0 heterocycles. The second-order valence-corrected chi connectivity index (χ2v) is 5.68. The number of benzene rings is 1. The Hall–Kier alpha value is -0.940. The van der Waals surface area contributed by atoms with E-state index in [1.165, 1.54) is 39.6 Å².